The number of H-pyrrole nitrogens is 1. The SMILES string of the molecule is CNc1nc(N2CC(=O)NC(=O)C2C)c2[nH]cnc2n1. The summed E-state index contributed by atoms with van der Waals surface area (Å²) in [5.74, 6) is 0.154. The molecule has 0 bridgehead atoms. The highest BCUT2D eigenvalue weighted by Crippen LogP contribution is 2.25. The number of hydrogen-bond donors (Lipinski definition) is 3. The normalized spacial score (nSPS) is 19.3. The van der Waals surface area contributed by atoms with Crippen molar-refractivity contribution in [3.8, 4) is 0 Å². The number of anilines is 2. The Hall–Kier alpha value is -2.71. The van der Waals surface area contributed by atoms with E-state index in [2.05, 4.69) is 30.6 Å². The molecule has 0 saturated carbocycles. The Morgan fingerprint density at radius 3 is 2.95 bits per heavy atom. The lowest BCUT2D eigenvalue weighted by Gasteiger charge is -2.32. The summed E-state index contributed by atoms with van der Waals surface area (Å²) < 4.78 is 0. The number of amides is 2. The second-order valence-corrected chi connectivity index (χ2v) is 4.44. The number of imidazole rings is 1. The van der Waals surface area contributed by atoms with Gasteiger partial charge in [0.1, 0.15) is 11.6 Å². The number of nitrogens with one attached hydrogen (secondary N) is 3. The van der Waals surface area contributed by atoms with Crippen LogP contribution in [0.2, 0.25) is 0 Å². The molecule has 3 rings (SSSR count). The Balaban J connectivity index is 2.14. The van der Waals surface area contributed by atoms with E-state index in [-0.39, 0.29) is 18.4 Å². The van der Waals surface area contributed by atoms with E-state index in [4.69, 9.17) is 0 Å². The second kappa shape index (κ2) is 4.44. The zero-order valence-electron chi connectivity index (χ0n) is 11.0. The minimum Gasteiger partial charge on any atom is -0.357 e. The predicted molar refractivity (Wildman–Crippen MR) is 71.2 cm³/mol. The molecular weight excluding hydrogens is 262 g/mol. The van der Waals surface area contributed by atoms with E-state index in [1.807, 2.05) is 0 Å². The lowest BCUT2D eigenvalue weighted by atomic mass is 10.2. The van der Waals surface area contributed by atoms with Gasteiger partial charge in [0.05, 0.1) is 12.9 Å². The van der Waals surface area contributed by atoms with Gasteiger partial charge in [0.15, 0.2) is 11.5 Å². The van der Waals surface area contributed by atoms with Crippen molar-refractivity contribution >= 4 is 34.7 Å². The molecule has 0 radical (unpaired) electrons. The molecule has 1 aliphatic rings. The van der Waals surface area contributed by atoms with E-state index in [1.165, 1.54) is 6.33 Å². The van der Waals surface area contributed by atoms with E-state index in [9.17, 15) is 9.59 Å². The van der Waals surface area contributed by atoms with Crippen molar-refractivity contribution in [1.82, 2.24) is 25.3 Å². The van der Waals surface area contributed by atoms with Crippen molar-refractivity contribution in [1.29, 1.82) is 0 Å². The molecule has 0 aliphatic carbocycles. The number of hydrogen-bond acceptors (Lipinski definition) is 7. The highest BCUT2D eigenvalue weighted by Gasteiger charge is 2.32. The van der Waals surface area contributed by atoms with Gasteiger partial charge in [-0.3, -0.25) is 14.9 Å². The van der Waals surface area contributed by atoms with Crippen molar-refractivity contribution in [2.24, 2.45) is 0 Å². The molecule has 1 saturated heterocycles. The first-order valence-electron chi connectivity index (χ1n) is 6.09. The van der Waals surface area contributed by atoms with E-state index < -0.39 is 6.04 Å². The first-order chi connectivity index (χ1) is 9.60. The van der Waals surface area contributed by atoms with Crippen molar-refractivity contribution < 1.29 is 9.59 Å². The Morgan fingerprint density at radius 2 is 2.20 bits per heavy atom. The highest BCUT2D eigenvalue weighted by atomic mass is 16.2. The van der Waals surface area contributed by atoms with Crippen LogP contribution in [0.25, 0.3) is 11.2 Å². The molecule has 2 amide bonds. The molecule has 3 heterocycles. The van der Waals surface area contributed by atoms with Crippen LogP contribution in [-0.2, 0) is 9.59 Å². The first-order valence-corrected chi connectivity index (χ1v) is 6.09. The molecule has 2 aromatic rings. The molecule has 20 heavy (non-hydrogen) atoms. The van der Waals surface area contributed by atoms with E-state index >= 15 is 0 Å². The lowest BCUT2D eigenvalue weighted by molar-refractivity contribution is -0.132. The van der Waals surface area contributed by atoms with Crippen LogP contribution < -0.4 is 15.5 Å². The zero-order valence-corrected chi connectivity index (χ0v) is 11.0. The molecule has 1 aliphatic heterocycles. The minimum absolute atomic E-state index is 0.0567. The van der Waals surface area contributed by atoms with Crippen LogP contribution in [0.4, 0.5) is 11.8 Å². The number of aromatic amines is 1. The van der Waals surface area contributed by atoms with E-state index in [0.29, 0.717) is 22.9 Å². The molecule has 3 N–H and O–H groups in total. The van der Waals surface area contributed by atoms with E-state index in [0.717, 1.165) is 0 Å². The predicted octanol–water partition coefficient (Wildman–Crippen LogP) is -0.754. The second-order valence-electron chi connectivity index (χ2n) is 4.44. The molecule has 1 atom stereocenters. The largest absolute Gasteiger partial charge is 0.357 e. The molecule has 1 unspecified atom stereocenters. The van der Waals surface area contributed by atoms with Gasteiger partial charge in [0, 0.05) is 7.05 Å². The molecule has 9 heteroatoms. The van der Waals surface area contributed by atoms with Crippen LogP contribution in [0.3, 0.4) is 0 Å². The van der Waals surface area contributed by atoms with Crippen LogP contribution in [-0.4, -0.2) is 51.4 Å². The van der Waals surface area contributed by atoms with Crippen molar-refractivity contribution in [3.63, 3.8) is 0 Å². The van der Waals surface area contributed by atoms with Crippen molar-refractivity contribution in [2.75, 3.05) is 23.8 Å². The first kappa shape index (κ1) is 12.3. The quantitative estimate of drug-likeness (QED) is 0.617. The van der Waals surface area contributed by atoms with Crippen molar-refractivity contribution in [2.45, 2.75) is 13.0 Å². The fourth-order valence-electron chi connectivity index (χ4n) is 2.11. The number of aromatic nitrogens is 4. The Morgan fingerprint density at radius 1 is 1.40 bits per heavy atom. The number of nitrogens with zero attached hydrogens (tertiary/aromatic N) is 4. The van der Waals surface area contributed by atoms with Gasteiger partial charge in [-0.15, -0.1) is 0 Å². The number of fused-ring (bicyclic) bond motifs is 1. The summed E-state index contributed by atoms with van der Waals surface area (Å²) in [6.45, 7) is 1.77. The average Bonchev–Trinajstić information content (AvgIpc) is 2.90. The van der Waals surface area contributed by atoms with Crippen molar-refractivity contribution in [3.05, 3.63) is 6.33 Å². The third-order valence-corrected chi connectivity index (χ3v) is 3.19. The summed E-state index contributed by atoms with van der Waals surface area (Å²) in [7, 11) is 1.69. The Bertz CT molecular complexity index is 695. The molecule has 0 spiro atoms. The number of piperazine rings is 1. The molecular formula is C11H13N7O2. The van der Waals surface area contributed by atoms with Gasteiger partial charge < -0.3 is 15.2 Å². The Labute approximate surface area is 113 Å². The van der Waals surface area contributed by atoms with Crippen LogP contribution in [0.15, 0.2) is 6.33 Å². The summed E-state index contributed by atoms with van der Waals surface area (Å²) in [6, 6.07) is -0.501. The topological polar surface area (TPSA) is 116 Å². The van der Waals surface area contributed by atoms with Gasteiger partial charge in [-0.25, -0.2) is 4.98 Å². The van der Waals surface area contributed by atoms with Gasteiger partial charge in [-0.1, -0.05) is 0 Å². The fourth-order valence-corrected chi connectivity index (χ4v) is 2.11. The zero-order chi connectivity index (χ0) is 14.3. The molecule has 9 nitrogen and oxygen atoms in total. The smallest absolute Gasteiger partial charge is 0.249 e. The van der Waals surface area contributed by atoms with Crippen LogP contribution >= 0.6 is 0 Å². The average molecular weight is 275 g/mol. The number of imide groups is 1. The molecule has 1 fully saturated rings. The van der Waals surface area contributed by atoms with Gasteiger partial charge in [-0.2, -0.15) is 9.97 Å². The summed E-state index contributed by atoms with van der Waals surface area (Å²) >= 11 is 0. The van der Waals surface area contributed by atoms with E-state index in [1.54, 1.807) is 18.9 Å². The lowest BCUT2D eigenvalue weighted by Crippen LogP contribution is -2.57. The third kappa shape index (κ3) is 1.83. The maximum atomic E-state index is 11.8. The summed E-state index contributed by atoms with van der Waals surface area (Å²) in [6.07, 6.45) is 1.50. The molecule has 0 aromatic carbocycles. The highest BCUT2D eigenvalue weighted by molar-refractivity contribution is 6.05. The van der Waals surface area contributed by atoms with Crippen LogP contribution in [0.5, 0.6) is 0 Å². The number of carbonyl (C=O) groups excluding carboxylic acids is 2. The van der Waals surface area contributed by atoms with Gasteiger partial charge in [0.25, 0.3) is 0 Å². The summed E-state index contributed by atoms with van der Waals surface area (Å²) in [5, 5.41) is 5.13. The maximum absolute atomic E-state index is 11.8. The number of rotatable bonds is 2. The standard InChI is InChI=1S/C11H13N7O2/c1-5-10(20)15-6(19)3-18(5)9-7-8(14-4-13-7)16-11(12-2)17-9/h4-5H,3H2,1-2H3,(H,15,19,20)(H2,12,13,14,16,17). The van der Waals surface area contributed by atoms with Gasteiger partial charge in [0.2, 0.25) is 17.8 Å². The third-order valence-electron chi connectivity index (χ3n) is 3.19. The summed E-state index contributed by atoms with van der Waals surface area (Å²) in [5.41, 5.74) is 1.07. The fraction of sp³-hybridized carbons (Fsp3) is 0.364. The number of carbonyl (C=O) groups is 2. The summed E-state index contributed by atoms with van der Waals surface area (Å²) in [4.78, 5) is 40.5. The van der Waals surface area contributed by atoms with Gasteiger partial charge in [-0.05, 0) is 6.92 Å². The van der Waals surface area contributed by atoms with Crippen LogP contribution in [0.1, 0.15) is 6.92 Å². The monoisotopic (exact) mass is 275 g/mol. The molecule has 2 aromatic heterocycles. The van der Waals surface area contributed by atoms with Crippen LogP contribution in [0, 0.1) is 0 Å². The van der Waals surface area contributed by atoms with Gasteiger partial charge >= 0.3 is 0 Å². The maximum Gasteiger partial charge on any atom is 0.249 e. The Kier molecular flexibility index (Phi) is 2.74. The minimum atomic E-state index is -0.501. The molecule has 104 valence electrons.